The number of rotatable bonds is 6. The van der Waals surface area contributed by atoms with Gasteiger partial charge in [0.1, 0.15) is 11.6 Å². The lowest BCUT2D eigenvalue weighted by molar-refractivity contribution is 0.399. The zero-order valence-electron chi connectivity index (χ0n) is 14.1. The molecule has 2 aromatic rings. The number of nitrogens with one attached hydrogen (secondary N) is 1. The molecule has 6 heteroatoms. The van der Waals surface area contributed by atoms with Crippen molar-refractivity contribution < 1.29 is 9.13 Å². The summed E-state index contributed by atoms with van der Waals surface area (Å²) < 4.78 is 18.8. The molecule has 1 aliphatic rings. The Morgan fingerprint density at radius 3 is 2.62 bits per heavy atom. The second-order valence-corrected chi connectivity index (χ2v) is 6.07. The molecular weight excluding hydrogens is 307 g/mol. The molecule has 0 aliphatic carbocycles. The van der Waals surface area contributed by atoms with Crippen molar-refractivity contribution in [2.45, 2.75) is 32.4 Å². The summed E-state index contributed by atoms with van der Waals surface area (Å²) in [5, 5.41) is 3.37. The number of hydrogen-bond acceptors (Lipinski definition) is 5. The van der Waals surface area contributed by atoms with Gasteiger partial charge in [-0.1, -0.05) is 0 Å². The second-order valence-electron chi connectivity index (χ2n) is 6.07. The molecule has 128 valence electrons. The van der Waals surface area contributed by atoms with Gasteiger partial charge in [-0.15, -0.1) is 0 Å². The summed E-state index contributed by atoms with van der Waals surface area (Å²) in [6.45, 7) is 4.67. The van der Waals surface area contributed by atoms with Crippen LogP contribution in [-0.2, 0) is 6.54 Å². The van der Waals surface area contributed by atoms with Crippen molar-refractivity contribution in [3.63, 3.8) is 0 Å². The van der Waals surface area contributed by atoms with Crippen molar-refractivity contribution in [1.29, 1.82) is 0 Å². The smallest absolute Gasteiger partial charge is 0.225 e. The number of aromatic nitrogens is 2. The molecule has 1 atom stereocenters. The number of benzene rings is 1. The molecule has 1 aromatic carbocycles. The maximum atomic E-state index is 13.5. The van der Waals surface area contributed by atoms with Gasteiger partial charge in [-0.05, 0) is 38.0 Å². The normalized spacial score (nSPS) is 15.5. The monoisotopic (exact) mass is 330 g/mol. The Hall–Kier alpha value is -2.21. The average molecular weight is 330 g/mol. The van der Waals surface area contributed by atoms with Gasteiger partial charge >= 0.3 is 0 Å². The number of methoxy groups -OCH3 is 1. The summed E-state index contributed by atoms with van der Waals surface area (Å²) in [5.74, 6) is 1.21. The highest BCUT2D eigenvalue weighted by Gasteiger charge is 2.15. The minimum absolute atomic E-state index is 0.0473. The van der Waals surface area contributed by atoms with Gasteiger partial charge < -0.3 is 15.0 Å². The first-order valence-electron chi connectivity index (χ1n) is 8.30. The van der Waals surface area contributed by atoms with Crippen molar-refractivity contribution in [2.75, 3.05) is 25.1 Å². The summed E-state index contributed by atoms with van der Waals surface area (Å²) in [4.78, 5) is 11.1. The van der Waals surface area contributed by atoms with Gasteiger partial charge in [-0.3, -0.25) is 0 Å². The fraction of sp³-hybridized carbons (Fsp3) is 0.444. The summed E-state index contributed by atoms with van der Waals surface area (Å²) in [6, 6.07) is 4.51. The van der Waals surface area contributed by atoms with E-state index in [1.807, 2.05) is 19.3 Å². The third kappa shape index (κ3) is 3.82. The molecule has 24 heavy (non-hydrogen) atoms. The maximum Gasteiger partial charge on any atom is 0.225 e. The van der Waals surface area contributed by atoms with E-state index in [0.29, 0.717) is 12.3 Å². The predicted molar refractivity (Wildman–Crippen MR) is 91.7 cm³/mol. The van der Waals surface area contributed by atoms with Gasteiger partial charge in [0, 0.05) is 49.2 Å². The van der Waals surface area contributed by atoms with Crippen molar-refractivity contribution in [2.24, 2.45) is 0 Å². The lowest BCUT2D eigenvalue weighted by Crippen LogP contribution is -2.21. The van der Waals surface area contributed by atoms with E-state index in [-0.39, 0.29) is 11.9 Å². The van der Waals surface area contributed by atoms with Crippen LogP contribution in [0, 0.1) is 5.82 Å². The van der Waals surface area contributed by atoms with Crippen molar-refractivity contribution in [1.82, 2.24) is 15.3 Å². The Balaban J connectivity index is 1.61. The molecular formula is C18H23FN4O. The van der Waals surface area contributed by atoms with Crippen LogP contribution in [0.15, 0.2) is 30.6 Å². The van der Waals surface area contributed by atoms with Crippen LogP contribution < -0.4 is 15.0 Å². The Bertz CT molecular complexity index is 671. The van der Waals surface area contributed by atoms with E-state index in [1.54, 1.807) is 13.2 Å². The molecule has 0 radical (unpaired) electrons. The molecule has 1 aliphatic heterocycles. The number of halogens is 1. The Morgan fingerprint density at radius 2 is 1.96 bits per heavy atom. The SMILES string of the molecule is COc1ccc(F)cc1[C@H](C)NCc1cnc(N2CCCC2)nc1. The Morgan fingerprint density at radius 1 is 1.25 bits per heavy atom. The number of hydrogen-bond donors (Lipinski definition) is 1. The quantitative estimate of drug-likeness (QED) is 0.882. The highest BCUT2D eigenvalue weighted by molar-refractivity contribution is 5.36. The van der Waals surface area contributed by atoms with Crippen molar-refractivity contribution in [3.8, 4) is 5.75 Å². The lowest BCUT2D eigenvalue weighted by atomic mass is 10.1. The number of anilines is 1. The van der Waals surface area contributed by atoms with Gasteiger partial charge in [-0.25, -0.2) is 14.4 Å². The minimum atomic E-state index is -0.266. The zero-order chi connectivity index (χ0) is 16.9. The second kappa shape index (κ2) is 7.57. The largest absolute Gasteiger partial charge is 0.496 e. The van der Waals surface area contributed by atoms with Crippen LogP contribution in [0.2, 0.25) is 0 Å². The van der Waals surface area contributed by atoms with Crippen LogP contribution in [0.25, 0.3) is 0 Å². The van der Waals surface area contributed by atoms with Crippen LogP contribution in [0.4, 0.5) is 10.3 Å². The van der Waals surface area contributed by atoms with E-state index in [4.69, 9.17) is 4.74 Å². The average Bonchev–Trinajstić information content (AvgIpc) is 3.14. The molecule has 1 fully saturated rings. The fourth-order valence-electron chi connectivity index (χ4n) is 2.94. The lowest BCUT2D eigenvalue weighted by Gasteiger charge is -2.18. The van der Waals surface area contributed by atoms with Crippen LogP contribution in [0.1, 0.15) is 36.9 Å². The molecule has 0 saturated carbocycles. The third-order valence-corrected chi connectivity index (χ3v) is 4.35. The van der Waals surface area contributed by atoms with E-state index in [0.717, 1.165) is 30.2 Å². The minimum Gasteiger partial charge on any atom is -0.496 e. The van der Waals surface area contributed by atoms with Crippen LogP contribution in [-0.4, -0.2) is 30.2 Å². The highest BCUT2D eigenvalue weighted by Crippen LogP contribution is 2.26. The maximum absolute atomic E-state index is 13.5. The third-order valence-electron chi connectivity index (χ3n) is 4.35. The first kappa shape index (κ1) is 16.6. The van der Waals surface area contributed by atoms with Crippen molar-refractivity contribution in [3.05, 3.63) is 47.5 Å². The Kier molecular flexibility index (Phi) is 5.25. The molecule has 3 rings (SSSR count). The number of ether oxygens (including phenoxy) is 1. The molecule has 1 saturated heterocycles. The van der Waals surface area contributed by atoms with Crippen LogP contribution >= 0.6 is 0 Å². The highest BCUT2D eigenvalue weighted by atomic mass is 19.1. The van der Waals surface area contributed by atoms with Crippen molar-refractivity contribution >= 4 is 5.95 Å². The van der Waals surface area contributed by atoms with E-state index in [9.17, 15) is 4.39 Å². The Labute approximate surface area is 141 Å². The first-order chi connectivity index (χ1) is 11.7. The number of nitrogens with zero attached hydrogens (tertiary/aromatic N) is 3. The fourth-order valence-corrected chi connectivity index (χ4v) is 2.94. The molecule has 1 N–H and O–H groups in total. The van der Waals surface area contributed by atoms with Crippen LogP contribution in [0.3, 0.4) is 0 Å². The summed E-state index contributed by atoms with van der Waals surface area (Å²) >= 11 is 0. The molecule has 1 aromatic heterocycles. The van der Waals surface area contributed by atoms with Gasteiger partial charge in [0.05, 0.1) is 7.11 Å². The summed E-state index contributed by atoms with van der Waals surface area (Å²) in [6.07, 6.45) is 6.12. The molecule has 0 amide bonds. The first-order valence-corrected chi connectivity index (χ1v) is 8.30. The standard InChI is InChI=1S/C18H23FN4O/c1-13(16-9-15(19)5-6-17(16)24-2)20-10-14-11-21-18(22-12-14)23-7-3-4-8-23/h5-6,9,11-13,20H,3-4,7-8,10H2,1-2H3/t13-/m0/s1. The zero-order valence-corrected chi connectivity index (χ0v) is 14.1. The van der Waals surface area contributed by atoms with E-state index in [1.165, 1.54) is 25.0 Å². The summed E-state index contributed by atoms with van der Waals surface area (Å²) in [5.41, 5.74) is 1.80. The van der Waals surface area contributed by atoms with Gasteiger partial charge in [0.2, 0.25) is 5.95 Å². The van der Waals surface area contributed by atoms with Gasteiger partial charge in [0.25, 0.3) is 0 Å². The molecule has 0 bridgehead atoms. The van der Waals surface area contributed by atoms with E-state index in [2.05, 4.69) is 20.2 Å². The van der Waals surface area contributed by atoms with Gasteiger partial charge in [-0.2, -0.15) is 0 Å². The topological polar surface area (TPSA) is 50.3 Å². The predicted octanol–water partition coefficient (Wildman–Crippen LogP) is 3.08. The molecule has 0 unspecified atom stereocenters. The van der Waals surface area contributed by atoms with Gasteiger partial charge in [0.15, 0.2) is 0 Å². The van der Waals surface area contributed by atoms with E-state index < -0.39 is 0 Å². The summed E-state index contributed by atoms with van der Waals surface area (Å²) in [7, 11) is 1.59. The molecule has 5 nitrogen and oxygen atoms in total. The molecule has 0 spiro atoms. The van der Waals surface area contributed by atoms with Crippen LogP contribution in [0.5, 0.6) is 5.75 Å². The molecule has 2 heterocycles. The van der Waals surface area contributed by atoms with E-state index >= 15 is 0 Å².